The van der Waals surface area contributed by atoms with Gasteiger partial charge in [-0.2, -0.15) is 0 Å². The van der Waals surface area contributed by atoms with E-state index in [1.165, 1.54) is 13.0 Å². The number of amides is 1. The van der Waals surface area contributed by atoms with E-state index in [9.17, 15) is 13.6 Å². The second-order valence-electron chi connectivity index (χ2n) is 8.54. The van der Waals surface area contributed by atoms with Gasteiger partial charge in [0, 0.05) is 37.0 Å². The summed E-state index contributed by atoms with van der Waals surface area (Å²) in [5.74, 6) is 1.98. The molecule has 2 N–H and O–H groups in total. The number of aromatic nitrogens is 3. The molecule has 174 valence electrons. The topological polar surface area (TPSA) is 83.0 Å². The van der Waals surface area contributed by atoms with Crippen LogP contribution >= 0.6 is 0 Å². The number of anilines is 2. The van der Waals surface area contributed by atoms with Crippen molar-refractivity contribution in [3.8, 4) is 0 Å². The third kappa shape index (κ3) is 4.86. The highest BCUT2D eigenvalue weighted by atomic mass is 19.3. The van der Waals surface area contributed by atoms with Crippen LogP contribution in [0, 0.1) is 13.8 Å². The number of carbonyl (C=O) groups is 1. The molecule has 9 heteroatoms. The summed E-state index contributed by atoms with van der Waals surface area (Å²) < 4.78 is 26.7. The van der Waals surface area contributed by atoms with E-state index in [1.807, 2.05) is 26.0 Å². The third-order valence-corrected chi connectivity index (χ3v) is 6.07. The lowest BCUT2D eigenvalue weighted by atomic mass is 9.97. The van der Waals surface area contributed by atoms with Crippen molar-refractivity contribution in [3.05, 3.63) is 53.0 Å². The fourth-order valence-electron chi connectivity index (χ4n) is 4.45. The zero-order chi connectivity index (χ0) is 23.7. The first-order chi connectivity index (χ1) is 15.7. The first kappa shape index (κ1) is 22.8. The Kier molecular flexibility index (Phi) is 6.40. The average molecular weight is 455 g/mol. The Morgan fingerprint density at radius 1 is 1.21 bits per heavy atom. The number of halogens is 2. The van der Waals surface area contributed by atoms with Crippen LogP contribution in [0.5, 0.6) is 0 Å². The van der Waals surface area contributed by atoms with Gasteiger partial charge in [0.25, 0.3) is 6.43 Å². The van der Waals surface area contributed by atoms with Crippen molar-refractivity contribution in [2.75, 3.05) is 23.3 Å². The Morgan fingerprint density at radius 2 is 1.97 bits per heavy atom. The molecule has 1 amide bonds. The molecule has 7 nitrogen and oxygen atoms in total. The zero-order valence-electron chi connectivity index (χ0n) is 19.2. The molecular formula is C24H28F2N6O. The fraction of sp³-hybridized carbons (Fsp3) is 0.417. The quantitative estimate of drug-likeness (QED) is 0.572. The van der Waals surface area contributed by atoms with Gasteiger partial charge >= 0.3 is 0 Å². The number of nitrogens with one attached hydrogen (secondary N) is 2. The first-order valence-electron chi connectivity index (χ1n) is 11.0. The Labute approximate surface area is 191 Å². The largest absolute Gasteiger partial charge is 0.363 e. The van der Waals surface area contributed by atoms with Crippen LogP contribution in [0.2, 0.25) is 0 Å². The molecule has 1 aliphatic rings. The lowest BCUT2D eigenvalue weighted by molar-refractivity contribution is -0.119. The molecule has 1 aromatic carbocycles. The second kappa shape index (κ2) is 9.25. The van der Waals surface area contributed by atoms with Crippen LogP contribution < -0.4 is 15.5 Å². The lowest BCUT2D eigenvalue weighted by Gasteiger charge is -2.21. The van der Waals surface area contributed by atoms with E-state index in [4.69, 9.17) is 0 Å². The highest BCUT2D eigenvalue weighted by molar-refractivity contribution is 5.90. The minimum atomic E-state index is -2.52. The number of carbonyl (C=O) groups excluding carboxylic acids is 1. The van der Waals surface area contributed by atoms with Crippen LogP contribution in [0.1, 0.15) is 55.3 Å². The highest BCUT2D eigenvalue weighted by Gasteiger charge is 2.25. The Morgan fingerprint density at radius 3 is 2.70 bits per heavy atom. The summed E-state index contributed by atoms with van der Waals surface area (Å²) in [6, 6.07) is 6.77. The van der Waals surface area contributed by atoms with Crippen molar-refractivity contribution >= 4 is 28.4 Å². The Hall–Kier alpha value is -3.36. The van der Waals surface area contributed by atoms with Gasteiger partial charge < -0.3 is 15.5 Å². The predicted octanol–water partition coefficient (Wildman–Crippen LogP) is 4.47. The predicted molar refractivity (Wildman–Crippen MR) is 125 cm³/mol. The fourth-order valence-corrected chi connectivity index (χ4v) is 4.45. The smallest absolute Gasteiger partial charge is 0.264 e. The normalized spacial score (nSPS) is 16.9. The van der Waals surface area contributed by atoms with Gasteiger partial charge in [-0.05, 0) is 44.4 Å². The van der Waals surface area contributed by atoms with E-state index in [2.05, 4.69) is 30.5 Å². The molecule has 0 aliphatic carbocycles. The van der Waals surface area contributed by atoms with Crippen LogP contribution in [0.15, 0.2) is 30.5 Å². The van der Waals surface area contributed by atoms with Gasteiger partial charge in [-0.3, -0.25) is 4.79 Å². The van der Waals surface area contributed by atoms with Gasteiger partial charge in [-0.1, -0.05) is 18.2 Å². The number of nitrogens with zero attached hydrogens (tertiary/aromatic N) is 4. The van der Waals surface area contributed by atoms with E-state index in [0.29, 0.717) is 29.3 Å². The second-order valence-corrected chi connectivity index (χ2v) is 8.54. The van der Waals surface area contributed by atoms with Crippen LogP contribution in [0.25, 0.3) is 10.9 Å². The van der Waals surface area contributed by atoms with E-state index in [0.717, 1.165) is 29.7 Å². The van der Waals surface area contributed by atoms with Crippen molar-refractivity contribution in [1.82, 2.24) is 20.3 Å². The number of hydrogen-bond acceptors (Lipinski definition) is 6. The van der Waals surface area contributed by atoms with E-state index in [-0.39, 0.29) is 23.6 Å². The van der Waals surface area contributed by atoms with Crippen LogP contribution in [-0.2, 0) is 4.79 Å². The van der Waals surface area contributed by atoms with E-state index in [1.54, 1.807) is 19.2 Å². The molecule has 0 radical (unpaired) electrons. The molecule has 1 aliphatic heterocycles. The molecule has 1 saturated heterocycles. The van der Waals surface area contributed by atoms with Gasteiger partial charge in [0.05, 0.1) is 17.8 Å². The van der Waals surface area contributed by atoms with Crippen molar-refractivity contribution in [2.24, 2.45) is 0 Å². The maximum absolute atomic E-state index is 13.4. The SMILES string of the molecule is CC(=O)N[C@@H]1CCN(c2cc3c(NC(C)c4cccc(C(F)F)c4C)nc(C)nc3cn2)C1. The summed E-state index contributed by atoms with van der Waals surface area (Å²) in [6.45, 7) is 8.46. The maximum Gasteiger partial charge on any atom is 0.264 e. The highest BCUT2D eigenvalue weighted by Crippen LogP contribution is 2.32. The molecule has 4 rings (SSSR count). The minimum Gasteiger partial charge on any atom is -0.363 e. The van der Waals surface area contributed by atoms with Gasteiger partial charge in [0.2, 0.25) is 5.91 Å². The summed E-state index contributed by atoms with van der Waals surface area (Å²) in [7, 11) is 0. The minimum absolute atomic E-state index is 0.0381. The summed E-state index contributed by atoms with van der Waals surface area (Å²) in [5, 5.41) is 7.17. The van der Waals surface area contributed by atoms with Gasteiger partial charge in [-0.15, -0.1) is 0 Å². The number of rotatable bonds is 6. The van der Waals surface area contributed by atoms with Crippen LogP contribution in [0.3, 0.4) is 0 Å². The lowest BCUT2D eigenvalue weighted by Crippen LogP contribution is -2.35. The molecule has 33 heavy (non-hydrogen) atoms. The van der Waals surface area contributed by atoms with Crippen molar-refractivity contribution in [2.45, 2.75) is 52.6 Å². The number of hydrogen-bond donors (Lipinski definition) is 2. The third-order valence-electron chi connectivity index (χ3n) is 6.07. The van der Waals surface area contributed by atoms with Crippen LogP contribution in [-0.4, -0.2) is 40.0 Å². The number of alkyl halides is 2. The molecule has 3 aromatic rings. The van der Waals surface area contributed by atoms with Gasteiger partial charge in [0.1, 0.15) is 17.5 Å². The van der Waals surface area contributed by atoms with Crippen molar-refractivity contribution in [3.63, 3.8) is 0 Å². The Bertz CT molecular complexity index is 1190. The zero-order valence-corrected chi connectivity index (χ0v) is 19.2. The van der Waals surface area contributed by atoms with Crippen molar-refractivity contribution in [1.29, 1.82) is 0 Å². The average Bonchev–Trinajstić information content (AvgIpc) is 3.21. The summed E-state index contributed by atoms with van der Waals surface area (Å²) in [6.07, 6.45) is 0.0597. The Balaban J connectivity index is 1.64. The first-order valence-corrected chi connectivity index (χ1v) is 11.0. The maximum atomic E-state index is 13.4. The molecule has 0 spiro atoms. The number of aryl methyl sites for hydroxylation is 1. The van der Waals surface area contributed by atoms with Crippen LogP contribution in [0.4, 0.5) is 20.4 Å². The molecule has 1 unspecified atom stereocenters. The van der Waals surface area contributed by atoms with Gasteiger partial charge in [0.15, 0.2) is 0 Å². The molecule has 1 fully saturated rings. The number of benzene rings is 1. The monoisotopic (exact) mass is 454 g/mol. The number of pyridine rings is 1. The van der Waals surface area contributed by atoms with E-state index < -0.39 is 6.43 Å². The van der Waals surface area contributed by atoms with Crippen molar-refractivity contribution < 1.29 is 13.6 Å². The molecule has 2 atom stereocenters. The standard InChI is InChI=1S/C24H28F2N6O/c1-13-18(6-5-7-19(13)23(25)26)14(2)28-24-20-10-22(27-11-21(20)29-15(3)30-24)32-9-8-17(12-32)31-16(4)33/h5-7,10-11,14,17,23H,8-9,12H2,1-4H3,(H,31,33)(H,28,29,30)/t14?,17-/m1/s1. The molecule has 3 heterocycles. The summed E-state index contributed by atoms with van der Waals surface area (Å²) >= 11 is 0. The number of fused-ring (bicyclic) bond motifs is 1. The molecule has 0 saturated carbocycles. The van der Waals surface area contributed by atoms with Gasteiger partial charge in [-0.25, -0.2) is 23.7 Å². The molecule has 0 bridgehead atoms. The summed E-state index contributed by atoms with van der Waals surface area (Å²) in [4.78, 5) is 27.2. The molecular weight excluding hydrogens is 426 g/mol. The molecule has 2 aromatic heterocycles. The van der Waals surface area contributed by atoms with E-state index >= 15 is 0 Å². The summed E-state index contributed by atoms with van der Waals surface area (Å²) in [5.41, 5.74) is 2.12.